The molecule has 0 amide bonds. The highest BCUT2D eigenvalue weighted by Crippen LogP contribution is 2.39. The number of carbonyl (C=O) groups excluding carboxylic acids is 1. The van der Waals surface area contributed by atoms with E-state index in [1.807, 2.05) is 0 Å². The first-order valence-corrected chi connectivity index (χ1v) is 17.5. The number of aromatic hydroxyl groups is 1. The van der Waals surface area contributed by atoms with Crippen LogP contribution in [0.2, 0.25) is 0 Å². The van der Waals surface area contributed by atoms with Gasteiger partial charge in [-0.15, -0.1) is 0 Å². The molecule has 0 saturated carbocycles. The van der Waals surface area contributed by atoms with Gasteiger partial charge in [0.05, 0.1) is 25.9 Å². The molecule has 3 aliphatic rings. The maximum absolute atomic E-state index is 14.2. The number of ether oxygens (including phenoxy) is 8. The number of aliphatic hydroxyl groups excluding tert-OH is 8. The summed E-state index contributed by atoms with van der Waals surface area (Å²) in [6, 6.07) is 8.26. The zero-order valence-electron chi connectivity index (χ0n) is 30.3. The molecule has 4 heterocycles. The van der Waals surface area contributed by atoms with Crippen molar-refractivity contribution in [3.8, 4) is 34.3 Å². The largest absolute Gasteiger partial charge is 0.507 e. The number of hydrogen-bond donors (Lipinski definition) is 9. The molecule has 3 saturated heterocycles. The number of aliphatic hydroxyl groups is 8. The number of methoxy groups -OCH3 is 1. The Morgan fingerprint density at radius 3 is 1.98 bits per heavy atom. The van der Waals surface area contributed by atoms with E-state index in [2.05, 4.69) is 0 Å². The minimum Gasteiger partial charge on any atom is -0.507 e. The summed E-state index contributed by atoms with van der Waals surface area (Å²) in [5.41, 5.74) is -1.04. The Labute approximate surface area is 317 Å². The number of carbonyl (C=O) groups is 1. The molecule has 20 nitrogen and oxygen atoms in total. The van der Waals surface area contributed by atoms with Crippen LogP contribution in [0.25, 0.3) is 22.3 Å². The summed E-state index contributed by atoms with van der Waals surface area (Å²) in [5.74, 6) is -2.05. The van der Waals surface area contributed by atoms with E-state index in [1.165, 1.54) is 51.3 Å². The Balaban J connectivity index is 1.31. The Morgan fingerprint density at radius 1 is 0.714 bits per heavy atom. The first-order valence-electron chi connectivity index (χ1n) is 17.5. The van der Waals surface area contributed by atoms with E-state index >= 15 is 0 Å². The highest BCUT2D eigenvalue weighted by molar-refractivity contribution is 5.88. The van der Waals surface area contributed by atoms with Gasteiger partial charge in [0.1, 0.15) is 83.2 Å². The SMILES string of the molecule is COc1ccc(-c2oc3cc(O[C@@H]4O[C@@H](C)[C@H](OC(C)=O)[C@@H](O)[C@H]4O)cc(O)c3c(=O)c2O[C@@H]2O[C@H](CO[C@@H]3O[C@@H](C)[C@H](O)[C@@H](O)[C@H]3O)[C@@H](O)[C@H](O)[C@H]2O)cc1. The fourth-order valence-electron chi connectivity index (χ4n) is 6.57. The average Bonchev–Trinajstić information content (AvgIpc) is 3.16. The Kier molecular flexibility index (Phi) is 12.4. The van der Waals surface area contributed by atoms with Gasteiger partial charge in [0, 0.05) is 24.6 Å². The van der Waals surface area contributed by atoms with Gasteiger partial charge in [-0.1, -0.05) is 0 Å². The van der Waals surface area contributed by atoms with Crippen LogP contribution in [-0.4, -0.2) is 158 Å². The summed E-state index contributed by atoms with van der Waals surface area (Å²) in [6.45, 7) is 3.43. The van der Waals surface area contributed by atoms with Gasteiger partial charge in [0.15, 0.2) is 18.2 Å². The lowest BCUT2D eigenvalue weighted by atomic mass is 9.98. The lowest BCUT2D eigenvalue weighted by Gasteiger charge is -2.42. The molecule has 308 valence electrons. The van der Waals surface area contributed by atoms with E-state index in [0.29, 0.717) is 5.75 Å². The van der Waals surface area contributed by atoms with Crippen LogP contribution in [-0.2, 0) is 28.5 Å². The first-order chi connectivity index (χ1) is 26.5. The van der Waals surface area contributed by atoms with Gasteiger partial charge < -0.3 is 88.3 Å². The molecule has 15 atom stereocenters. The van der Waals surface area contributed by atoms with Gasteiger partial charge in [0.2, 0.25) is 23.8 Å². The van der Waals surface area contributed by atoms with Crippen LogP contribution in [0.5, 0.6) is 23.0 Å². The molecule has 20 heteroatoms. The maximum atomic E-state index is 14.2. The number of phenols is 1. The fraction of sp³-hybridized carbons (Fsp3) is 0.556. The second-order valence-corrected chi connectivity index (χ2v) is 13.7. The lowest BCUT2D eigenvalue weighted by molar-refractivity contribution is -0.318. The van der Waals surface area contributed by atoms with Crippen LogP contribution in [0.1, 0.15) is 20.8 Å². The van der Waals surface area contributed by atoms with Crippen LogP contribution in [0, 0.1) is 0 Å². The minimum atomic E-state index is -1.97. The fourth-order valence-corrected chi connectivity index (χ4v) is 6.57. The number of phenolic OH excluding ortho intramolecular Hbond substituents is 1. The van der Waals surface area contributed by atoms with Crippen molar-refractivity contribution in [1.82, 2.24) is 0 Å². The molecule has 3 aliphatic heterocycles. The Bertz CT molecular complexity index is 1900. The van der Waals surface area contributed by atoms with Crippen molar-refractivity contribution in [1.29, 1.82) is 0 Å². The molecule has 2 aromatic carbocycles. The molecule has 0 aliphatic carbocycles. The molecule has 56 heavy (non-hydrogen) atoms. The third-order valence-corrected chi connectivity index (χ3v) is 9.73. The molecule has 0 radical (unpaired) electrons. The number of esters is 1. The third-order valence-electron chi connectivity index (χ3n) is 9.73. The van der Waals surface area contributed by atoms with Crippen molar-refractivity contribution in [2.24, 2.45) is 0 Å². The van der Waals surface area contributed by atoms with Crippen LogP contribution in [0.15, 0.2) is 45.6 Å². The molecular weight excluding hydrogens is 752 g/mol. The average molecular weight is 797 g/mol. The molecule has 9 N–H and O–H groups in total. The predicted octanol–water partition coefficient (Wildman–Crippen LogP) is -2.02. The number of fused-ring (bicyclic) bond motifs is 1. The molecule has 1 aromatic heterocycles. The van der Waals surface area contributed by atoms with Crippen molar-refractivity contribution in [3.63, 3.8) is 0 Å². The Hall–Kier alpha value is -4.16. The van der Waals surface area contributed by atoms with Crippen LogP contribution < -0.4 is 19.6 Å². The zero-order valence-corrected chi connectivity index (χ0v) is 30.3. The normalized spacial score (nSPS) is 36.2. The summed E-state index contributed by atoms with van der Waals surface area (Å²) in [5, 5.41) is 94.9. The smallest absolute Gasteiger partial charge is 0.303 e. The quantitative estimate of drug-likeness (QED) is 0.100. The Morgan fingerprint density at radius 2 is 1.32 bits per heavy atom. The van der Waals surface area contributed by atoms with Gasteiger partial charge >= 0.3 is 5.97 Å². The second kappa shape index (κ2) is 16.7. The van der Waals surface area contributed by atoms with Gasteiger partial charge in [-0.05, 0) is 38.1 Å². The number of rotatable bonds is 10. The topological polar surface area (TPSA) is 303 Å². The van der Waals surface area contributed by atoms with E-state index in [-0.39, 0.29) is 22.7 Å². The van der Waals surface area contributed by atoms with Gasteiger partial charge in [-0.25, -0.2) is 0 Å². The molecule has 0 spiro atoms. The van der Waals surface area contributed by atoms with E-state index in [4.69, 9.17) is 42.3 Å². The van der Waals surface area contributed by atoms with Crippen LogP contribution in [0.4, 0.5) is 0 Å². The van der Waals surface area contributed by atoms with Crippen molar-refractivity contribution in [2.45, 2.75) is 113 Å². The van der Waals surface area contributed by atoms with Gasteiger partial charge in [0.25, 0.3) is 0 Å². The molecule has 0 unspecified atom stereocenters. The summed E-state index contributed by atoms with van der Waals surface area (Å²) in [7, 11) is 1.43. The zero-order chi connectivity index (χ0) is 40.7. The van der Waals surface area contributed by atoms with E-state index in [0.717, 1.165) is 13.0 Å². The van der Waals surface area contributed by atoms with Crippen molar-refractivity contribution >= 4 is 16.9 Å². The third kappa shape index (κ3) is 8.14. The molecule has 0 bridgehead atoms. The standard InChI is InChI=1S/C36H44O20/c1-12-22(39)25(42)28(45)34(50-12)49-11-20-23(40)26(43)29(46)36(55-20)56-33-24(41)21-18(38)9-17(10-19(21)54-32(33)15-5-7-16(48-4)8-6-15)53-35-30(47)27(44)31(13(2)51-35)52-14(3)37/h5-10,12-13,20,22-23,25-31,34-36,38-40,42-47H,11H2,1-4H3/t12-,13-,20+,22-,23+,25+,26-,27-,28+,29+,30+,31-,34+,35-,36-/m0/s1. The monoisotopic (exact) mass is 796 g/mol. The van der Waals surface area contributed by atoms with E-state index in [1.54, 1.807) is 0 Å². The molecular formula is C36H44O20. The summed E-state index contributed by atoms with van der Waals surface area (Å²) in [6.07, 6.45) is -23.3. The summed E-state index contributed by atoms with van der Waals surface area (Å²) < 4.78 is 50.4. The summed E-state index contributed by atoms with van der Waals surface area (Å²) in [4.78, 5) is 25.7. The van der Waals surface area contributed by atoms with Crippen LogP contribution in [0.3, 0.4) is 0 Å². The molecule has 6 rings (SSSR count). The maximum Gasteiger partial charge on any atom is 0.303 e. The first kappa shape index (κ1) is 41.5. The number of hydrogen-bond acceptors (Lipinski definition) is 20. The van der Waals surface area contributed by atoms with E-state index < -0.39 is 127 Å². The highest BCUT2D eigenvalue weighted by atomic mass is 16.7. The molecule has 3 fully saturated rings. The predicted molar refractivity (Wildman–Crippen MR) is 184 cm³/mol. The van der Waals surface area contributed by atoms with Gasteiger partial charge in [-0.3, -0.25) is 9.59 Å². The van der Waals surface area contributed by atoms with Crippen molar-refractivity contribution in [2.75, 3.05) is 13.7 Å². The molecule has 3 aromatic rings. The van der Waals surface area contributed by atoms with Crippen molar-refractivity contribution in [3.05, 3.63) is 46.6 Å². The number of benzene rings is 2. The summed E-state index contributed by atoms with van der Waals surface area (Å²) >= 11 is 0. The highest BCUT2D eigenvalue weighted by Gasteiger charge is 2.49. The van der Waals surface area contributed by atoms with Crippen molar-refractivity contribution < 1.29 is 93.1 Å². The lowest BCUT2D eigenvalue weighted by Crippen LogP contribution is -2.61. The minimum absolute atomic E-state index is 0.184. The van der Waals surface area contributed by atoms with E-state index in [9.17, 15) is 55.5 Å². The van der Waals surface area contributed by atoms with Crippen LogP contribution >= 0.6 is 0 Å². The van der Waals surface area contributed by atoms with Gasteiger partial charge in [-0.2, -0.15) is 0 Å². The second-order valence-electron chi connectivity index (χ2n) is 13.7.